The predicted molar refractivity (Wildman–Crippen MR) is 80.1 cm³/mol. The van der Waals surface area contributed by atoms with Crippen LogP contribution in [0.4, 0.5) is 0 Å². The summed E-state index contributed by atoms with van der Waals surface area (Å²) in [4.78, 5) is 0.305. The molecule has 0 aliphatic heterocycles. The van der Waals surface area contributed by atoms with Crippen molar-refractivity contribution >= 4 is 21.6 Å². The van der Waals surface area contributed by atoms with Crippen LogP contribution < -0.4 is 4.72 Å². The fourth-order valence-electron chi connectivity index (χ4n) is 1.59. The van der Waals surface area contributed by atoms with Crippen molar-refractivity contribution in [1.82, 2.24) is 4.72 Å². The lowest BCUT2D eigenvalue weighted by molar-refractivity contribution is 0.378. The van der Waals surface area contributed by atoms with Crippen LogP contribution in [0.5, 0.6) is 0 Å². The van der Waals surface area contributed by atoms with Gasteiger partial charge in [0.15, 0.2) is 0 Å². The highest BCUT2D eigenvalue weighted by molar-refractivity contribution is 7.89. The Balaban J connectivity index is 2.67. The number of halogens is 1. The molecule has 19 heavy (non-hydrogen) atoms. The van der Waals surface area contributed by atoms with Crippen LogP contribution in [0, 0.1) is 5.41 Å². The maximum Gasteiger partial charge on any atom is 0.240 e. The average molecular weight is 304 g/mol. The Labute approximate surface area is 121 Å². The van der Waals surface area contributed by atoms with Gasteiger partial charge in [-0.3, -0.25) is 0 Å². The van der Waals surface area contributed by atoms with Crippen LogP contribution in [0.25, 0.3) is 0 Å². The van der Waals surface area contributed by atoms with E-state index in [4.69, 9.17) is 11.6 Å². The second-order valence-corrected chi connectivity index (χ2v) is 7.94. The molecule has 0 saturated heterocycles. The Morgan fingerprint density at radius 3 is 2.21 bits per heavy atom. The molecular weight excluding hydrogens is 282 g/mol. The fraction of sp³-hybridized carbons (Fsp3) is 0.571. The highest BCUT2D eigenvalue weighted by Crippen LogP contribution is 2.18. The van der Waals surface area contributed by atoms with E-state index in [2.05, 4.69) is 25.5 Å². The minimum Gasteiger partial charge on any atom is -0.211 e. The molecule has 0 bridgehead atoms. The maximum atomic E-state index is 12.1. The Morgan fingerprint density at radius 2 is 1.74 bits per heavy atom. The first-order valence-corrected chi connectivity index (χ1v) is 8.41. The molecule has 0 atom stereocenters. The molecule has 1 aromatic rings. The van der Waals surface area contributed by atoms with Crippen LogP contribution in [-0.2, 0) is 16.4 Å². The molecule has 1 aromatic carbocycles. The average Bonchev–Trinajstić information content (AvgIpc) is 2.28. The second kappa shape index (κ2) is 6.73. The third-order valence-corrected chi connectivity index (χ3v) is 4.45. The van der Waals surface area contributed by atoms with Gasteiger partial charge in [-0.1, -0.05) is 32.9 Å². The zero-order valence-electron chi connectivity index (χ0n) is 11.7. The summed E-state index contributed by atoms with van der Waals surface area (Å²) < 4.78 is 26.7. The zero-order valence-corrected chi connectivity index (χ0v) is 13.3. The molecule has 0 spiro atoms. The standard InChI is InChI=1S/C14H22ClNO2S/c1-14(2,3)9-11-16-19(17,18)13-6-4-12(5-7-13)8-10-15/h4-7,16H,8-11H2,1-3H3. The first-order valence-electron chi connectivity index (χ1n) is 6.39. The van der Waals surface area contributed by atoms with Gasteiger partial charge in [0, 0.05) is 12.4 Å². The molecule has 0 radical (unpaired) electrons. The summed E-state index contributed by atoms with van der Waals surface area (Å²) in [5.41, 5.74) is 1.16. The van der Waals surface area contributed by atoms with Crippen molar-refractivity contribution in [3.63, 3.8) is 0 Å². The van der Waals surface area contributed by atoms with Gasteiger partial charge in [-0.2, -0.15) is 0 Å². The Morgan fingerprint density at radius 1 is 1.16 bits per heavy atom. The van der Waals surface area contributed by atoms with Crippen LogP contribution >= 0.6 is 11.6 Å². The van der Waals surface area contributed by atoms with Crippen molar-refractivity contribution in [3.8, 4) is 0 Å². The molecule has 0 aromatic heterocycles. The van der Waals surface area contributed by atoms with Crippen molar-refractivity contribution in [1.29, 1.82) is 0 Å². The normalized spacial score (nSPS) is 12.6. The number of aryl methyl sites for hydroxylation is 1. The summed E-state index contributed by atoms with van der Waals surface area (Å²) in [5.74, 6) is 0.538. The largest absolute Gasteiger partial charge is 0.240 e. The first kappa shape index (κ1) is 16.5. The van der Waals surface area contributed by atoms with Gasteiger partial charge in [0.1, 0.15) is 0 Å². The molecule has 0 heterocycles. The molecule has 1 N–H and O–H groups in total. The summed E-state index contributed by atoms with van der Waals surface area (Å²) in [6.45, 7) is 6.71. The number of hydrogen-bond acceptors (Lipinski definition) is 2. The van der Waals surface area contributed by atoms with Gasteiger partial charge >= 0.3 is 0 Å². The minimum atomic E-state index is -3.40. The van der Waals surface area contributed by atoms with E-state index in [9.17, 15) is 8.42 Å². The van der Waals surface area contributed by atoms with E-state index in [1.807, 2.05) is 0 Å². The topological polar surface area (TPSA) is 46.2 Å². The quantitative estimate of drug-likeness (QED) is 0.820. The summed E-state index contributed by atoms with van der Waals surface area (Å²) in [6, 6.07) is 6.87. The van der Waals surface area contributed by atoms with Crippen LogP contribution in [0.15, 0.2) is 29.2 Å². The summed E-state index contributed by atoms with van der Waals surface area (Å²) >= 11 is 5.65. The number of nitrogens with one attached hydrogen (secondary N) is 1. The Kier molecular flexibility index (Phi) is 5.83. The van der Waals surface area contributed by atoms with Gasteiger partial charge in [0.05, 0.1) is 4.90 Å². The monoisotopic (exact) mass is 303 g/mol. The molecule has 1 rings (SSSR count). The van der Waals surface area contributed by atoms with Gasteiger partial charge < -0.3 is 0 Å². The molecule has 0 saturated carbocycles. The van der Waals surface area contributed by atoms with Crippen LogP contribution in [0.1, 0.15) is 32.8 Å². The highest BCUT2D eigenvalue weighted by atomic mass is 35.5. The highest BCUT2D eigenvalue weighted by Gasteiger charge is 2.16. The number of rotatable bonds is 6. The van der Waals surface area contributed by atoms with Crippen molar-refractivity contribution in [2.75, 3.05) is 12.4 Å². The third kappa shape index (κ3) is 5.93. The maximum absolute atomic E-state index is 12.1. The molecule has 3 nitrogen and oxygen atoms in total. The van der Waals surface area contributed by atoms with Gasteiger partial charge in [0.2, 0.25) is 10.0 Å². The molecular formula is C14H22ClNO2S. The first-order chi connectivity index (χ1) is 8.74. The molecule has 0 aliphatic carbocycles. The van der Waals surface area contributed by atoms with Crippen molar-refractivity contribution < 1.29 is 8.42 Å². The molecule has 108 valence electrons. The smallest absolute Gasteiger partial charge is 0.211 e. The van der Waals surface area contributed by atoms with E-state index >= 15 is 0 Å². The van der Waals surface area contributed by atoms with E-state index in [1.54, 1.807) is 24.3 Å². The summed E-state index contributed by atoms with van der Waals surface area (Å²) in [6.07, 6.45) is 1.55. The lowest BCUT2D eigenvalue weighted by Gasteiger charge is -2.18. The van der Waals surface area contributed by atoms with Gasteiger partial charge in [-0.15, -0.1) is 11.6 Å². The van der Waals surface area contributed by atoms with Crippen molar-refractivity contribution in [3.05, 3.63) is 29.8 Å². The number of hydrogen-bond donors (Lipinski definition) is 1. The van der Waals surface area contributed by atoms with Gasteiger partial charge in [0.25, 0.3) is 0 Å². The third-order valence-electron chi connectivity index (χ3n) is 2.78. The molecule has 0 fully saturated rings. The summed E-state index contributed by atoms with van der Waals surface area (Å²) in [5, 5.41) is 0. The Bertz CT molecular complexity index is 489. The zero-order chi connectivity index (χ0) is 14.5. The molecule has 0 unspecified atom stereocenters. The van der Waals surface area contributed by atoms with E-state index in [1.165, 1.54) is 0 Å². The van der Waals surface area contributed by atoms with Crippen LogP contribution in [0.3, 0.4) is 0 Å². The van der Waals surface area contributed by atoms with Crippen molar-refractivity contribution in [2.24, 2.45) is 5.41 Å². The second-order valence-electron chi connectivity index (χ2n) is 5.79. The van der Waals surface area contributed by atoms with Crippen molar-refractivity contribution in [2.45, 2.75) is 38.5 Å². The molecule has 0 amide bonds. The SMILES string of the molecule is CC(C)(C)CCNS(=O)(=O)c1ccc(CCCl)cc1. The van der Waals surface area contributed by atoms with Gasteiger partial charge in [-0.25, -0.2) is 13.1 Å². The summed E-state index contributed by atoms with van der Waals surface area (Å²) in [7, 11) is -3.40. The molecule has 0 aliphatic rings. The fourth-order valence-corrected chi connectivity index (χ4v) is 2.84. The lowest BCUT2D eigenvalue weighted by Crippen LogP contribution is -2.27. The van der Waals surface area contributed by atoms with E-state index in [0.717, 1.165) is 18.4 Å². The van der Waals surface area contributed by atoms with Crippen LogP contribution in [-0.4, -0.2) is 20.8 Å². The minimum absolute atomic E-state index is 0.118. The Hall–Kier alpha value is -0.580. The number of alkyl halides is 1. The number of sulfonamides is 1. The van der Waals surface area contributed by atoms with E-state index < -0.39 is 10.0 Å². The molecule has 5 heteroatoms. The van der Waals surface area contributed by atoms with E-state index in [-0.39, 0.29) is 5.41 Å². The number of benzene rings is 1. The predicted octanol–water partition coefficient (Wildman–Crippen LogP) is 3.18. The van der Waals surface area contributed by atoms with E-state index in [0.29, 0.717) is 17.3 Å². The lowest BCUT2D eigenvalue weighted by atomic mass is 9.93. The van der Waals surface area contributed by atoms with Gasteiger partial charge in [-0.05, 0) is 36.0 Å². The van der Waals surface area contributed by atoms with Crippen LogP contribution in [0.2, 0.25) is 0 Å².